The molecule has 0 spiro atoms. The van der Waals surface area contributed by atoms with E-state index in [0.29, 0.717) is 36.3 Å². The number of piperazine rings is 1. The zero-order valence-electron chi connectivity index (χ0n) is 25.6. The molecule has 1 amide bonds. The molecule has 3 rings (SSSR count). The highest BCUT2D eigenvalue weighted by molar-refractivity contribution is 5.84. The van der Waals surface area contributed by atoms with Gasteiger partial charge < -0.3 is 14.4 Å². The van der Waals surface area contributed by atoms with Crippen molar-refractivity contribution in [2.75, 3.05) is 36.4 Å². The number of anilines is 2. The fourth-order valence-corrected chi connectivity index (χ4v) is 4.87. The zero-order valence-corrected chi connectivity index (χ0v) is 25.6. The molecule has 1 unspecified atom stereocenters. The molecule has 1 aliphatic heterocycles. The van der Waals surface area contributed by atoms with Crippen LogP contribution in [0.15, 0.2) is 39.9 Å². The third-order valence-corrected chi connectivity index (χ3v) is 6.67. The lowest BCUT2D eigenvalue weighted by atomic mass is 10.1. The van der Waals surface area contributed by atoms with Gasteiger partial charge in [0.25, 0.3) is 5.56 Å². The van der Waals surface area contributed by atoms with Crippen LogP contribution < -0.4 is 26.2 Å². The number of amides is 1. The number of benzene rings is 1. The SMILES string of the molecule is CC(C)CC(Oc1ccc(NC(=O)OC(C)(C)C)cc1)N1CCN(c2cc(=O)n(C(C)C)c(=O)n2C(C)C)CC1. The van der Waals surface area contributed by atoms with E-state index in [-0.39, 0.29) is 29.6 Å². The van der Waals surface area contributed by atoms with Crippen LogP contribution in [0.25, 0.3) is 0 Å². The van der Waals surface area contributed by atoms with Gasteiger partial charge in [-0.25, -0.2) is 9.59 Å². The number of nitrogens with one attached hydrogen (secondary N) is 1. The molecule has 10 nitrogen and oxygen atoms in total. The third kappa shape index (κ3) is 8.13. The molecule has 10 heteroatoms. The standard InChI is InChI=1S/C30H47N5O5/c1-20(2)18-27(39-24-12-10-23(11-13-24)31-28(37)40-30(7,8)9)33-16-14-32(15-17-33)25-19-26(36)35(22(5)6)29(38)34(25)21(3)4/h10-13,19-22,27H,14-18H2,1-9H3,(H,31,37). The van der Waals surface area contributed by atoms with E-state index >= 15 is 0 Å². The van der Waals surface area contributed by atoms with Crippen LogP contribution in [-0.4, -0.2) is 58.1 Å². The molecule has 0 bridgehead atoms. The van der Waals surface area contributed by atoms with Gasteiger partial charge >= 0.3 is 11.8 Å². The molecule has 0 aliphatic carbocycles. The minimum atomic E-state index is -0.568. The van der Waals surface area contributed by atoms with Gasteiger partial charge in [0.1, 0.15) is 17.2 Å². The summed E-state index contributed by atoms with van der Waals surface area (Å²) in [4.78, 5) is 42.6. The van der Waals surface area contributed by atoms with E-state index in [4.69, 9.17) is 9.47 Å². The Hall–Kier alpha value is -3.27. The molecule has 1 aliphatic rings. The van der Waals surface area contributed by atoms with E-state index in [1.807, 2.05) is 60.6 Å². The number of carbonyl (C=O) groups is 1. The van der Waals surface area contributed by atoms with Gasteiger partial charge in [-0.1, -0.05) is 13.8 Å². The predicted octanol–water partition coefficient (Wildman–Crippen LogP) is 5.09. The lowest BCUT2D eigenvalue weighted by Gasteiger charge is -2.41. The van der Waals surface area contributed by atoms with Gasteiger partial charge in [0.2, 0.25) is 0 Å². The third-order valence-electron chi connectivity index (χ3n) is 6.67. The van der Waals surface area contributed by atoms with Gasteiger partial charge in [-0.3, -0.25) is 24.1 Å². The maximum Gasteiger partial charge on any atom is 0.412 e. The molecule has 222 valence electrons. The van der Waals surface area contributed by atoms with Gasteiger partial charge in [-0.2, -0.15) is 0 Å². The number of carbonyl (C=O) groups excluding carboxylic acids is 1. The highest BCUT2D eigenvalue weighted by Crippen LogP contribution is 2.24. The maximum absolute atomic E-state index is 13.2. The summed E-state index contributed by atoms with van der Waals surface area (Å²) in [6, 6.07) is 8.62. The molecular weight excluding hydrogens is 510 g/mol. The second-order valence-corrected chi connectivity index (χ2v) is 12.4. The highest BCUT2D eigenvalue weighted by atomic mass is 16.6. The Morgan fingerprint density at radius 1 is 0.900 bits per heavy atom. The van der Waals surface area contributed by atoms with Crippen molar-refractivity contribution in [3.05, 3.63) is 51.2 Å². The van der Waals surface area contributed by atoms with Gasteiger partial charge in [-0.15, -0.1) is 0 Å². The summed E-state index contributed by atoms with van der Waals surface area (Å²) < 4.78 is 14.8. The Bertz CT molecular complexity index is 1250. The monoisotopic (exact) mass is 557 g/mol. The Morgan fingerprint density at radius 3 is 1.98 bits per heavy atom. The van der Waals surface area contributed by atoms with Gasteiger partial charge in [-0.05, 0) is 78.6 Å². The second kappa shape index (κ2) is 12.9. The summed E-state index contributed by atoms with van der Waals surface area (Å²) in [5, 5.41) is 2.74. The first-order chi connectivity index (χ1) is 18.7. The van der Waals surface area contributed by atoms with Crippen molar-refractivity contribution in [1.29, 1.82) is 0 Å². The molecule has 0 radical (unpaired) electrons. The van der Waals surface area contributed by atoms with Gasteiger partial charge in [0.15, 0.2) is 6.23 Å². The number of ether oxygens (including phenoxy) is 2. The normalized spacial score (nSPS) is 15.6. The fraction of sp³-hybridized carbons (Fsp3) is 0.633. The maximum atomic E-state index is 13.2. The van der Waals surface area contributed by atoms with Crippen LogP contribution in [0.3, 0.4) is 0 Å². The zero-order chi connectivity index (χ0) is 29.8. The fourth-order valence-electron chi connectivity index (χ4n) is 4.87. The summed E-state index contributed by atoms with van der Waals surface area (Å²) in [5.41, 5.74) is -0.465. The number of hydrogen-bond donors (Lipinski definition) is 1. The topological polar surface area (TPSA) is 98.0 Å². The van der Waals surface area contributed by atoms with E-state index in [1.165, 1.54) is 4.57 Å². The van der Waals surface area contributed by atoms with Crippen LogP contribution in [0, 0.1) is 5.92 Å². The average Bonchev–Trinajstić information content (AvgIpc) is 2.82. The van der Waals surface area contributed by atoms with E-state index in [0.717, 1.165) is 19.5 Å². The van der Waals surface area contributed by atoms with Crippen molar-refractivity contribution >= 4 is 17.6 Å². The van der Waals surface area contributed by atoms with Crippen LogP contribution >= 0.6 is 0 Å². The minimum absolute atomic E-state index is 0.0732. The van der Waals surface area contributed by atoms with Crippen molar-refractivity contribution in [2.45, 2.75) is 92.6 Å². The average molecular weight is 558 g/mol. The minimum Gasteiger partial charge on any atom is -0.475 e. The number of aromatic nitrogens is 2. The lowest BCUT2D eigenvalue weighted by Crippen LogP contribution is -2.54. The van der Waals surface area contributed by atoms with E-state index < -0.39 is 11.7 Å². The second-order valence-electron chi connectivity index (χ2n) is 12.4. The van der Waals surface area contributed by atoms with Crippen molar-refractivity contribution < 1.29 is 14.3 Å². The predicted molar refractivity (Wildman–Crippen MR) is 160 cm³/mol. The summed E-state index contributed by atoms with van der Waals surface area (Å²) in [7, 11) is 0. The molecular formula is C30H47N5O5. The molecule has 1 atom stereocenters. The smallest absolute Gasteiger partial charge is 0.412 e. The molecule has 1 aromatic heterocycles. The molecule has 2 aromatic rings. The van der Waals surface area contributed by atoms with Gasteiger partial charge in [0.05, 0.1) is 0 Å². The Labute approximate surface area is 237 Å². The summed E-state index contributed by atoms with van der Waals surface area (Å²) in [5.74, 6) is 1.82. The van der Waals surface area contributed by atoms with Crippen LogP contribution in [0.1, 0.15) is 80.8 Å². The lowest BCUT2D eigenvalue weighted by molar-refractivity contribution is 0.00630. The van der Waals surface area contributed by atoms with Crippen molar-refractivity contribution in [3.63, 3.8) is 0 Å². The van der Waals surface area contributed by atoms with Crippen LogP contribution in [0.5, 0.6) is 5.75 Å². The number of rotatable bonds is 9. The van der Waals surface area contributed by atoms with Crippen molar-refractivity contribution in [3.8, 4) is 5.75 Å². The largest absolute Gasteiger partial charge is 0.475 e. The van der Waals surface area contributed by atoms with Crippen molar-refractivity contribution in [2.24, 2.45) is 5.92 Å². The van der Waals surface area contributed by atoms with E-state index in [2.05, 4.69) is 29.0 Å². The van der Waals surface area contributed by atoms with Crippen LogP contribution in [0.4, 0.5) is 16.3 Å². The number of hydrogen-bond acceptors (Lipinski definition) is 7. The van der Waals surface area contributed by atoms with Crippen LogP contribution in [-0.2, 0) is 4.74 Å². The number of nitrogens with zero attached hydrogens (tertiary/aromatic N) is 4. The summed E-state index contributed by atoms with van der Waals surface area (Å²) in [6.45, 7) is 20.3. The van der Waals surface area contributed by atoms with Crippen molar-refractivity contribution in [1.82, 2.24) is 14.0 Å². The van der Waals surface area contributed by atoms with E-state index in [9.17, 15) is 14.4 Å². The Kier molecular flexibility index (Phi) is 10.1. The Balaban J connectivity index is 1.72. The first-order valence-corrected chi connectivity index (χ1v) is 14.3. The molecule has 1 aromatic carbocycles. The van der Waals surface area contributed by atoms with Gasteiger partial charge in [0, 0.05) is 56.4 Å². The Morgan fingerprint density at radius 2 is 1.48 bits per heavy atom. The molecule has 0 saturated carbocycles. The molecule has 1 fully saturated rings. The molecule has 1 saturated heterocycles. The molecule has 40 heavy (non-hydrogen) atoms. The first-order valence-electron chi connectivity index (χ1n) is 14.3. The highest BCUT2D eigenvalue weighted by Gasteiger charge is 2.28. The first kappa shape index (κ1) is 31.3. The quantitative estimate of drug-likeness (QED) is 0.459. The molecule has 1 N–H and O–H groups in total. The van der Waals surface area contributed by atoms with Crippen LogP contribution in [0.2, 0.25) is 0 Å². The summed E-state index contributed by atoms with van der Waals surface area (Å²) in [6.07, 6.45) is 0.216. The molecule has 2 heterocycles. The summed E-state index contributed by atoms with van der Waals surface area (Å²) >= 11 is 0. The van der Waals surface area contributed by atoms with E-state index in [1.54, 1.807) is 22.8 Å².